The van der Waals surface area contributed by atoms with E-state index in [1.165, 1.54) is 54.5 Å². The fraction of sp³-hybridized carbons (Fsp3) is 0.250. The van der Waals surface area contributed by atoms with E-state index in [-0.39, 0.29) is 36.2 Å². The van der Waals surface area contributed by atoms with Gasteiger partial charge in [-0.25, -0.2) is 9.18 Å². The lowest BCUT2D eigenvalue weighted by Gasteiger charge is -2.13. The molecular weight excluding hydrogens is 383 g/mol. The Hall–Kier alpha value is -3.62. The zero-order valence-corrected chi connectivity index (χ0v) is 16.2. The predicted molar refractivity (Wildman–Crippen MR) is 102 cm³/mol. The molecule has 0 saturated heterocycles. The molecule has 0 aliphatic rings. The zero-order valence-electron chi connectivity index (χ0n) is 16.2. The summed E-state index contributed by atoms with van der Waals surface area (Å²) in [6.45, 7) is -0.704. The highest BCUT2D eigenvalue weighted by Crippen LogP contribution is 2.28. The first-order valence-corrected chi connectivity index (χ1v) is 8.53. The third kappa shape index (κ3) is 6.49. The normalized spacial score (nSPS) is 10.1. The number of benzene rings is 2. The SMILES string of the molecule is COc1cc(C(=O)OCC(=O)N(C)C)ccc1OCC(=O)Nc1ccc(F)cc1. The number of esters is 1. The van der Waals surface area contributed by atoms with E-state index in [0.29, 0.717) is 5.69 Å². The number of likely N-dealkylation sites (N-methyl/N-ethyl adjacent to an activating group) is 1. The highest BCUT2D eigenvalue weighted by Gasteiger charge is 2.15. The molecule has 8 nitrogen and oxygen atoms in total. The van der Waals surface area contributed by atoms with Crippen molar-refractivity contribution in [2.45, 2.75) is 0 Å². The van der Waals surface area contributed by atoms with Crippen LogP contribution in [0, 0.1) is 5.82 Å². The number of amides is 2. The molecule has 0 fully saturated rings. The Bertz CT molecular complexity index is 883. The minimum Gasteiger partial charge on any atom is -0.493 e. The van der Waals surface area contributed by atoms with Gasteiger partial charge in [-0.3, -0.25) is 9.59 Å². The van der Waals surface area contributed by atoms with Crippen LogP contribution < -0.4 is 14.8 Å². The van der Waals surface area contributed by atoms with E-state index < -0.39 is 17.7 Å². The summed E-state index contributed by atoms with van der Waals surface area (Å²) in [6.07, 6.45) is 0. The first-order valence-electron chi connectivity index (χ1n) is 8.53. The summed E-state index contributed by atoms with van der Waals surface area (Å²) in [5, 5.41) is 2.56. The molecule has 0 heterocycles. The van der Waals surface area contributed by atoms with Crippen molar-refractivity contribution in [3.05, 3.63) is 53.8 Å². The van der Waals surface area contributed by atoms with E-state index >= 15 is 0 Å². The summed E-state index contributed by atoms with van der Waals surface area (Å²) >= 11 is 0. The van der Waals surface area contributed by atoms with Crippen molar-refractivity contribution in [3.8, 4) is 11.5 Å². The second-order valence-electron chi connectivity index (χ2n) is 6.07. The number of rotatable bonds is 8. The minimum absolute atomic E-state index is 0.163. The number of halogens is 1. The van der Waals surface area contributed by atoms with Gasteiger partial charge in [-0.15, -0.1) is 0 Å². The van der Waals surface area contributed by atoms with Gasteiger partial charge in [-0.1, -0.05) is 0 Å². The highest BCUT2D eigenvalue weighted by molar-refractivity contribution is 5.93. The van der Waals surface area contributed by atoms with Crippen molar-refractivity contribution in [2.24, 2.45) is 0 Å². The average Bonchev–Trinajstić information content (AvgIpc) is 2.71. The molecule has 0 aliphatic carbocycles. The third-order valence-corrected chi connectivity index (χ3v) is 3.71. The van der Waals surface area contributed by atoms with Gasteiger partial charge in [0.05, 0.1) is 12.7 Å². The molecule has 0 unspecified atom stereocenters. The molecular formula is C20H21FN2O6. The van der Waals surface area contributed by atoms with Crippen LogP contribution in [-0.4, -0.2) is 57.1 Å². The quantitative estimate of drug-likeness (QED) is 0.677. The maximum Gasteiger partial charge on any atom is 0.338 e. The second kappa shape index (κ2) is 10.1. The summed E-state index contributed by atoms with van der Waals surface area (Å²) in [5.41, 5.74) is 0.592. The van der Waals surface area contributed by atoms with Crippen LogP contribution in [0.3, 0.4) is 0 Å². The first kappa shape index (κ1) is 21.7. The lowest BCUT2D eigenvalue weighted by atomic mass is 10.2. The third-order valence-electron chi connectivity index (χ3n) is 3.71. The van der Waals surface area contributed by atoms with Gasteiger partial charge in [0.2, 0.25) is 0 Å². The lowest BCUT2D eigenvalue weighted by molar-refractivity contribution is -0.132. The van der Waals surface area contributed by atoms with Crippen molar-refractivity contribution < 1.29 is 33.0 Å². The summed E-state index contributed by atoms with van der Waals surface area (Å²) in [7, 11) is 4.49. The van der Waals surface area contributed by atoms with Crippen LogP contribution in [0.2, 0.25) is 0 Å². The topological polar surface area (TPSA) is 94.2 Å². The molecule has 2 aromatic rings. The standard InChI is InChI=1S/C20H21FN2O6/c1-23(2)19(25)12-29-20(26)13-4-9-16(17(10-13)27-3)28-11-18(24)22-15-7-5-14(21)6-8-15/h4-10H,11-12H2,1-3H3,(H,22,24). The van der Waals surface area contributed by atoms with Gasteiger partial charge in [0.15, 0.2) is 24.7 Å². The molecule has 0 spiro atoms. The maximum atomic E-state index is 12.9. The lowest BCUT2D eigenvalue weighted by Crippen LogP contribution is -2.27. The number of hydrogen-bond acceptors (Lipinski definition) is 6. The molecule has 0 saturated carbocycles. The summed E-state index contributed by atoms with van der Waals surface area (Å²) in [4.78, 5) is 36.8. The van der Waals surface area contributed by atoms with E-state index in [0.717, 1.165) is 0 Å². The van der Waals surface area contributed by atoms with E-state index in [1.807, 2.05) is 0 Å². The zero-order chi connectivity index (χ0) is 21.4. The summed E-state index contributed by atoms with van der Waals surface area (Å²) in [5.74, 6) is -1.45. The number of carbonyl (C=O) groups excluding carboxylic acids is 3. The Morgan fingerprint density at radius 1 is 1.00 bits per heavy atom. The first-order chi connectivity index (χ1) is 13.8. The van der Waals surface area contributed by atoms with Crippen molar-refractivity contribution in [3.63, 3.8) is 0 Å². The number of methoxy groups -OCH3 is 1. The summed E-state index contributed by atoms with van der Waals surface area (Å²) < 4.78 is 28.4. The van der Waals surface area contributed by atoms with Gasteiger partial charge in [0, 0.05) is 19.8 Å². The molecule has 1 N–H and O–H groups in total. The van der Waals surface area contributed by atoms with Gasteiger partial charge < -0.3 is 24.4 Å². The number of nitrogens with zero attached hydrogens (tertiary/aromatic N) is 1. The van der Waals surface area contributed by atoms with Gasteiger partial charge in [-0.2, -0.15) is 0 Å². The Morgan fingerprint density at radius 3 is 2.31 bits per heavy atom. The molecule has 9 heteroatoms. The van der Waals surface area contributed by atoms with Crippen molar-refractivity contribution in [1.82, 2.24) is 4.90 Å². The summed E-state index contributed by atoms with van der Waals surface area (Å²) in [6, 6.07) is 9.57. The molecule has 2 amide bonds. The Morgan fingerprint density at radius 2 is 1.69 bits per heavy atom. The van der Waals surface area contributed by atoms with Crippen LogP contribution in [0.1, 0.15) is 10.4 Å². The van der Waals surface area contributed by atoms with Gasteiger partial charge in [0.25, 0.3) is 11.8 Å². The van der Waals surface area contributed by atoms with Crippen molar-refractivity contribution in [1.29, 1.82) is 0 Å². The number of carbonyl (C=O) groups is 3. The molecule has 29 heavy (non-hydrogen) atoms. The second-order valence-corrected chi connectivity index (χ2v) is 6.07. The molecule has 0 aromatic heterocycles. The van der Waals surface area contributed by atoms with Crippen molar-refractivity contribution >= 4 is 23.5 Å². The Balaban J connectivity index is 1.95. The Labute approximate surface area is 167 Å². The van der Waals surface area contributed by atoms with Crippen LogP contribution in [0.5, 0.6) is 11.5 Å². The average molecular weight is 404 g/mol. The van der Waals surface area contributed by atoms with Crippen molar-refractivity contribution in [2.75, 3.05) is 39.7 Å². The molecule has 0 radical (unpaired) electrons. The highest BCUT2D eigenvalue weighted by atomic mass is 19.1. The molecule has 2 rings (SSSR count). The fourth-order valence-corrected chi connectivity index (χ4v) is 2.13. The molecule has 154 valence electrons. The van der Waals surface area contributed by atoms with E-state index in [2.05, 4.69) is 5.32 Å². The van der Waals surface area contributed by atoms with Crippen LogP contribution >= 0.6 is 0 Å². The molecule has 0 bridgehead atoms. The van der Waals surface area contributed by atoms with Crippen LogP contribution in [0.15, 0.2) is 42.5 Å². The Kier molecular flexibility index (Phi) is 7.53. The number of ether oxygens (including phenoxy) is 3. The van der Waals surface area contributed by atoms with Gasteiger partial charge >= 0.3 is 5.97 Å². The van der Waals surface area contributed by atoms with E-state index in [1.54, 1.807) is 14.1 Å². The van der Waals surface area contributed by atoms with E-state index in [9.17, 15) is 18.8 Å². The smallest absolute Gasteiger partial charge is 0.338 e. The van der Waals surface area contributed by atoms with Crippen LogP contribution in [0.25, 0.3) is 0 Å². The van der Waals surface area contributed by atoms with Crippen LogP contribution in [0.4, 0.5) is 10.1 Å². The fourth-order valence-electron chi connectivity index (χ4n) is 2.13. The number of hydrogen-bond donors (Lipinski definition) is 1. The van der Waals surface area contributed by atoms with Gasteiger partial charge in [-0.05, 0) is 42.5 Å². The number of anilines is 1. The maximum absolute atomic E-state index is 12.9. The van der Waals surface area contributed by atoms with E-state index in [4.69, 9.17) is 14.2 Å². The largest absolute Gasteiger partial charge is 0.493 e. The monoisotopic (exact) mass is 404 g/mol. The predicted octanol–water partition coefficient (Wildman–Crippen LogP) is 2.10. The van der Waals surface area contributed by atoms with Gasteiger partial charge in [0.1, 0.15) is 5.82 Å². The molecule has 0 atom stereocenters. The number of nitrogens with one attached hydrogen (secondary N) is 1. The minimum atomic E-state index is -0.695. The molecule has 2 aromatic carbocycles. The van der Waals surface area contributed by atoms with Crippen LogP contribution in [-0.2, 0) is 14.3 Å². The molecule has 0 aliphatic heterocycles.